The van der Waals surface area contributed by atoms with E-state index in [1.165, 1.54) is 16.3 Å². The molecule has 1 fully saturated rings. The fourth-order valence-corrected chi connectivity index (χ4v) is 4.19. The van der Waals surface area contributed by atoms with Crippen molar-refractivity contribution < 1.29 is 19.1 Å². The molecule has 31 heavy (non-hydrogen) atoms. The summed E-state index contributed by atoms with van der Waals surface area (Å²) in [6, 6.07) is 19.0. The van der Waals surface area contributed by atoms with E-state index in [9.17, 15) is 0 Å². The molecule has 162 valence electrons. The summed E-state index contributed by atoms with van der Waals surface area (Å²) in [5, 5.41) is 9.50. The number of benzene rings is 3. The normalized spacial score (nSPS) is 14.9. The number of nitrogens with one attached hydrogen (secondary N) is 1. The van der Waals surface area contributed by atoms with Crippen molar-refractivity contribution in [2.24, 2.45) is 5.10 Å². The van der Waals surface area contributed by atoms with Crippen molar-refractivity contribution in [3.05, 3.63) is 65.7 Å². The predicted octanol–water partition coefficient (Wildman–Crippen LogP) is 2.60. The van der Waals surface area contributed by atoms with E-state index in [0.29, 0.717) is 17.2 Å². The highest BCUT2D eigenvalue weighted by molar-refractivity contribution is 5.86. The van der Waals surface area contributed by atoms with Gasteiger partial charge in [0.05, 0.1) is 53.7 Å². The smallest absolute Gasteiger partial charge is 0.203 e. The minimum absolute atomic E-state index is 0.582. The molecule has 1 aliphatic rings. The van der Waals surface area contributed by atoms with Gasteiger partial charge in [-0.3, -0.25) is 5.01 Å². The lowest BCUT2D eigenvalue weighted by Gasteiger charge is -2.30. The molecule has 1 aliphatic heterocycles. The number of hydrazone groups is 1. The molecule has 6 nitrogen and oxygen atoms in total. The van der Waals surface area contributed by atoms with E-state index in [-0.39, 0.29) is 0 Å². The lowest BCUT2D eigenvalue weighted by Crippen LogP contribution is -3.13. The molecular weight excluding hydrogens is 390 g/mol. The Balaban J connectivity index is 1.40. The zero-order valence-corrected chi connectivity index (χ0v) is 18.4. The summed E-state index contributed by atoms with van der Waals surface area (Å²) in [6.07, 6.45) is 1.84. The van der Waals surface area contributed by atoms with Gasteiger partial charge in [0.2, 0.25) is 5.75 Å². The Morgan fingerprint density at radius 1 is 0.871 bits per heavy atom. The molecule has 1 saturated heterocycles. The third-order valence-corrected chi connectivity index (χ3v) is 5.86. The first-order valence-electron chi connectivity index (χ1n) is 10.6. The monoisotopic (exact) mass is 420 g/mol. The van der Waals surface area contributed by atoms with Crippen molar-refractivity contribution in [3.63, 3.8) is 0 Å². The van der Waals surface area contributed by atoms with Gasteiger partial charge in [-0.1, -0.05) is 42.5 Å². The lowest BCUT2D eigenvalue weighted by molar-refractivity contribution is -0.918. The van der Waals surface area contributed by atoms with E-state index in [2.05, 4.69) is 47.5 Å². The second-order valence-electron chi connectivity index (χ2n) is 7.69. The maximum absolute atomic E-state index is 5.55. The Hall–Kier alpha value is -3.25. The largest absolute Gasteiger partial charge is 0.493 e. The summed E-state index contributed by atoms with van der Waals surface area (Å²) in [5.74, 6) is 1.85. The zero-order valence-electron chi connectivity index (χ0n) is 18.4. The number of nitrogens with zero attached hydrogens (tertiary/aromatic N) is 2. The highest BCUT2D eigenvalue weighted by Gasteiger charge is 2.20. The summed E-state index contributed by atoms with van der Waals surface area (Å²) in [5.41, 5.74) is 2.28. The Kier molecular flexibility index (Phi) is 6.57. The number of quaternary nitrogens is 1. The van der Waals surface area contributed by atoms with Gasteiger partial charge in [0, 0.05) is 11.1 Å². The van der Waals surface area contributed by atoms with E-state index >= 15 is 0 Å². The maximum Gasteiger partial charge on any atom is 0.203 e. The Morgan fingerprint density at radius 2 is 1.61 bits per heavy atom. The molecule has 1 N–H and O–H groups in total. The van der Waals surface area contributed by atoms with Crippen LogP contribution in [0.2, 0.25) is 0 Å². The van der Waals surface area contributed by atoms with Gasteiger partial charge < -0.3 is 19.1 Å². The summed E-state index contributed by atoms with van der Waals surface area (Å²) in [7, 11) is 4.86. The van der Waals surface area contributed by atoms with E-state index in [0.717, 1.165) is 38.3 Å². The molecular formula is C25H30N3O3+. The topological polar surface area (TPSA) is 47.7 Å². The fraction of sp³-hybridized carbons (Fsp3) is 0.320. The van der Waals surface area contributed by atoms with Crippen LogP contribution in [0.1, 0.15) is 11.1 Å². The molecule has 0 aromatic heterocycles. The average molecular weight is 421 g/mol. The van der Waals surface area contributed by atoms with Crippen molar-refractivity contribution in [3.8, 4) is 17.2 Å². The molecule has 4 rings (SSSR count). The zero-order chi connectivity index (χ0) is 21.6. The second kappa shape index (κ2) is 9.71. The van der Waals surface area contributed by atoms with Crippen LogP contribution in [0.15, 0.2) is 59.7 Å². The van der Waals surface area contributed by atoms with Crippen LogP contribution in [0.3, 0.4) is 0 Å². The molecule has 3 aromatic rings. The number of hydrogen-bond donors (Lipinski definition) is 1. The van der Waals surface area contributed by atoms with Crippen LogP contribution in [0.4, 0.5) is 0 Å². The molecule has 0 aliphatic carbocycles. The van der Waals surface area contributed by atoms with Gasteiger partial charge in [0.1, 0.15) is 6.54 Å². The van der Waals surface area contributed by atoms with Crippen molar-refractivity contribution >= 4 is 17.0 Å². The van der Waals surface area contributed by atoms with Crippen molar-refractivity contribution in [2.75, 3.05) is 47.5 Å². The second-order valence-corrected chi connectivity index (χ2v) is 7.69. The molecule has 0 radical (unpaired) electrons. The third kappa shape index (κ3) is 4.59. The van der Waals surface area contributed by atoms with E-state index < -0.39 is 0 Å². The molecule has 0 atom stereocenters. The Bertz CT molecular complexity index is 1050. The molecule has 1 heterocycles. The first-order valence-corrected chi connectivity index (χ1v) is 10.6. The Labute approximate surface area is 183 Å². The molecule has 0 unspecified atom stereocenters. The van der Waals surface area contributed by atoms with Crippen LogP contribution in [-0.2, 0) is 6.54 Å². The van der Waals surface area contributed by atoms with Gasteiger partial charge in [-0.15, -0.1) is 0 Å². The van der Waals surface area contributed by atoms with Crippen LogP contribution < -0.4 is 19.1 Å². The lowest BCUT2D eigenvalue weighted by atomic mass is 10.0. The molecule has 0 amide bonds. The van der Waals surface area contributed by atoms with Crippen LogP contribution in [0, 0.1) is 0 Å². The number of piperazine rings is 1. The Morgan fingerprint density at radius 3 is 2.35 bits per heavy atom. The van der Waals surface area contributed by atoms with E-state index in [4.69, 9.17) is 19.3 Å². The quantitative estimate of drug-likeness (QED) is 0.597. The van der Waals surface area contributed by atoms with Gasteiger partial charge in [-0.25, -0.2) is 0 Å². The summed E-state index contributed by atoms with van der Waals surface area (Å²) < 4.78 is 16.4. The van der Waals surface area contributed by atoms with Crippen LogP contribution in [0.5, 0.6) is 17.2 Å². The summed E-state index contributed by atoms with van der Waals surface area (Å²) in [6.45, 7) is 5.01. The predicted molar refractivity (Wildman–Crippen MR) is 124 cm³/mol. The minimum Gasteiger partial charge on any atom is -0.493 e. The van der Waals surface area contributed by atoms with Crippen molar-refractivity contribution in [1.82, 2.24) is 5.01 Å². The van der Waals surface area contributed by atoms with E-state index in [1.54, 1.807) is 26.2 Å². The van der Waals surface area contributed by atoms with Gasteiger partial charge in [-0.2, -0.15) is 5.10 Å². The molecule has 0 spiro atoms. The number of rotatable bonds is 7. The fourth-order valence-electron chi connectivity index (χ4n) is 4.19. The average Bonchev–Trinajstić information content (AvgIpc) is 2.83. The van der Waals surface area contributed by atoms with Gasteiger partial charge in [0.15, 0.2) is 11.5 Å². The summed E-state index contributed by atoms with van der Waals surface area (Å²) in [4.78, 5) is 1.59. The van der Waals surface area contributed by atoms with Crippen LogP contribution >= 0.6 is 0 Å². The highest BCUT2D eigenvalue weighted by Crippen LogP contribution is 2.39. The van der Waals surface area contributed by atoms with Gasteiger partial charge >= 0.3 is 0 Å². The minimum atomic E-state index is 0.582. The highest BCUT2D eigenvalue weighted by atomic mass is 16.5. The maximum atomic E-state index is 5.55. The van der Waals surface area contributed by atoms with E-state index in [1.807, 2.05) is 18.3 Å². The number of ether oxygens (including phenoxy) is 3. The molecule has 0 bridgehead atoms. The summed E-state index contributed by atoms with van der Waals surface area (Å²) >= 11 is 0. The van der Waals surface area contributed by atoms with Crippen LogP contribution in [0.25, 0.3) is 10.8 Å². The molecule has 3 aromatic carbocycles. The standard InChI is InChI=1S/C25H29N3O3/c1-29-23-12-11-20(24(30-2)25(23)31-3)17-26-28-15-13-27(14-16-28)18-21-9-6-8-19-7-4-5-10-22(19)21/h4-12,17H,13-16,18H2,1-3H3/p+1/b26-17-. The first kappa shape index (κ1) is 21.0. The van der Waals surface area contributed by atoms with Crippen LogP contribution in [-0.4, -0.2) is 58.7 Å². The molecule has 0 saturated carbocycles. The van der Waals surface area contributed by atoms with Gasteiger partial charge in [-0.05, 0) is 22.9 Å². The first-order chi connectivity index (χ1) is 15.2. The van der Waals surface area contributed by atoms with Crippen molar-refractivity contribution in [1.29, 1.82) is 0 Å². The number of fused-ring (bicyclic) bond motifs is 1. The third-order valence-electron chi connectivity index (χ3n) is 5.86. The molecule has 6 heteroatoms. The van der Waals surface area contributed by atoms with Crippen molar-refractivity contribution in [2.45, 2.75) is 6.54 Å². The number of hydrogen-bond acceptors (Lipinski definition) is 5. The number of methoxy groups -OCH3 is 3. The van der Waals surface area contributed by atoms with Gasteiger partial charge in [0.25, 0.3) is 0 Å². The SMILES string of the molecule is COc1ccc(/C=N\N2CC[NH+](Cc3cccc4ccccc34)CC2)c(OC)c1OC.